The van der Waals surface area contributed by atoms with Crippen LogP contribution in [-0.2, 0) is 0 Å². The second-order valence-electron chi connectivity index (χ2n) is 12.6. The molecule has 2 heteroatoms. The van der Waals surface area contributed by atoms with Crippen molar-refractivity contribution < 1.29 is 4.57 Å². The van der Waals surface area contributed by atoms with Gasteiger partial charge in [-0.05, 0) is 26.2 Å². The minimum Gasteiger partial charge on any atom is -0.247 e. The molecule has 0 aliphatic carbocycles. The molecule has 0 aromatic carbocycles. The number of aromatic nitrogens is 2. The van der Waals surface area contributed by atoms with Gasteiger partial charge in [0.25, 0.3) is 5.82 Å². The van der Waals surface area contributed by atoms with Crippen molar-refractivity contribution in [2.45, 2.75) is 213 Å². The molecule has 0 amide bonds. The van der Waals surface area contributed by atoms with E-state index in [2.05, 4.69) is 49.6 Å². The van der Waals surface area contributed by atoms with Crippen molar-refractivity contribution in [3.63, 3.8) is 0 Å². The van der Waals surface area contributed by atoms with E-state index in [9.17, 15) is 0 Å². The lowest BCUT2D eigenvalue weighted by Gasteiger charge is -2.17. The maximum Gasteiger partial charge on any atom is 0.257 e. The van der Waals surface area contributed by atoms with Crippen LogP contribution in [0.2, 0.25) is 0 Å². The van der Waals surface area contributed by atoms with Crippen LogP contribution in [0, 0.1) is 0 Å². The van der Waals surface area contributed by atoms with Gasteiger partial charge in [0.2, 0.25) is 0 Å². The van der Waals surface area contributed by atoms with E-state index in [4.69, 9.17) is 0 Å². The maximum absolute atomic E-state index is 3.68. The van der Waals surface area contributed by atoms with Gasteiger partial charge in [-0.2, -0.15) is 0 Å². The molecule has 224 valence electrons. The molecule has 1 aromatic rings. The van der Waals surface area contributed by atoms with Crippen molar-refractivity contribution >= 4 is 0 Å². The van der Waals surface area contributed by atoms with E-state index in [-0.39, 0.29) is 0 Å². The summed E-state index contributed by atoms with van der Waals surface area (Å²) in [5.41, 5.74) is 0. The molecule has 1 heterocycles. The zero-order valence-corrected chi connectivity index (χ0v) is 26.8. The molecule has 0 aliphatic heterocycles. The summed E-state index contributed by atoms with van der Waals surface area (Å²) in [5, 5.41) is 0. The Morgan fingerprint density at radius 1 is 0.500 bits per heavy atom. The molecule has 0 bridgehead atoms. The number of imidazole rings is 1. The van der Waals surface area contributed by atoms with Crippen LogP contribution < -0.4 is 4.57 Å². The fourth-order valence-electron chi connectivity index (χ4n) is 6.33. The predicted octanol–water partition coefficient (Wildman–Crippen LogP) is 12.5. The quantitative estimate of drug-likeness (QED) is 0.0783. The molecule has 0 saturated carbocycles. The van der Waals surface area contributed by atoms with E-state index in [1.807, 2.05) is 0 Å². The lowest BCUT2D eigenvalue weighted by Crippen LogP contribution is -2.41. The average Bonchev–Trinajstić information content (AvgIpc) is 3.41. The van der Waals surface area contributed by atoms with Gasteiger partial charge in [-0.3, -0.25) is 0 Å². The van der Waals surface area contributed by atoms with Gasteiger partial charge >= 0.3 is 0 Å². The number of hydrogen-bond acceptors (Lipinski definition) is 0. The highest BCUT2D eigenvalue weighted by Crippen LogP contribution is 2.27. The molecule has 38 heavy (non-hydrogen) atoms. The van der Waals surface area contributed by atoms with E-state index in [1.165, 1.54) is 179 Å². The van der Waals surface area contributed by atoms with Gasteiger partial charge in [-0.25, -0.2) is 9.55 Å². The zero-order valence-electron chi connectivity index (χ0n) is 26.8. The first-order valence-electron chi connectivity index (χ1n) is 17.8. The first-order chi connectivity index (χ1) is 18.7. The van der Waals surface area contributed by atoms with Gasteiger partial charge in [0.1, 0.15) is 12.4 Å². The predicted molar refractivity (Wildman–Crippen MR) is 170 cm³/mol. The second kappa shape index (κ2) is 26.4. The van der Waals surface area contributed by atoms with Gasteiger partial charge in [0.15, 0.2) is 0 Å². The number of nitrogens with one attached hydrogen (secondary N) is 1. The second-order valence-corrected chi connectivity index (χ2v) is 12.6. The van der Waals surface area contributed by atoms with Crippen LogP contribution in [0.5, 0.6) is 0 Å². The van der Waals surface area contributed by atoms with E-state index in [0.717, 1.165) is 0 Å². The van der Waals surface area contributed by atoms with Crippen LogP contribution in [0.25, 0.3) is 0 Å². The molecule has 0 saturated heterocycles. The Morgan fingerprint density at radius 3 is 1.24 bits per heavy atom. The molecule has 1 N–H and O–H groups in total. The lowest BCUT2D eigenvalue weighted by molar-refractivity contribution is -0.727. The van der Waals surface area contributed by atoms with Crippen LogP contribution in [0.15, 0.2) is 12.4 Å². The van der Waals surface area contributed by atoms with Crippen molar-refractivity contribution in [3.8, 4) is 0 Å². The number of hydrogen-bond donors (Lipinski definition) is 1. The molecule has 2 nitrogen and oxygen atoms in total. The fourth-order valence-corrected chi connectivity index (χ4v) is 6.33. The fraction of sp³-hybridized carbons (Fsp3) is 0.917. The normalized spacial score (nSPS) is 13.3. The smallest absolute Gasteiger partial charge is 0.247 e. The molecule has 0 aliphatic rings. The third kappa shape index (κ3) is 18.5. The SMILES string of the molecule is CCCCCCCCCCCCCCCCCCCC(CCCCCCCC)c1[nH]cc[n+]1C(C)CCC. The van der Waals surface area contributed by atoms with Gasteiger partial charge in [-0.1, -0.05) is 175 Å². The van der Waals surface area contributed by atoms with Crippen LogP contribution in [0.4, 0.5) is 0 Å². The number of rotatable bonds is 29. The van der Waals surface area contributed by atoms with Gasteiger partial charge < -0.3 is 0 Å². The highest BCUT2D eigenvalue weighted by molar-refractivity contribution is 4.90. The van der Waals surface area contributed by atoms with Crippen molar-refractivity contribution in [3.05, 3.63) is 18.2 Å². The topological polar surface area (TPSA) is 19.7 Å². The molecule has 1 aromatic heterocycles. The number of nitrogens with zero attached hydrogens (tertiary/aromatic N) is 1. The zero-order chi connectivity index (χ0) is 27.5. The van der Waals surface area contributed by atoms with Crippen molar-refractivity contribution in [2.24, 2.45) is 0 Å². The van der Waals surface area contributed by atoms with Gasteiger partial charge in [-0.15, -0.1) is 0 Å². The Labute approximate surface area is 240 Å². The summed E-state index contributed by atoms with van der Waals surface area (Å²) in [6, 6.07) is 0.615. The number of H-pyrrole nitrogens is 1. The molecule has 1 rings (SSSR count). The van der Waals surface area contributed by atoms with Crippen LogP contribution in [0.1, 0.15) is 219 Å². The van der Waals surface area contributed by atoms with Crippen molar-refractivity contribution in [1.29, 1.82) is 0 Å². The Morgan fingerprint density at radius 2 is 0.868 bits per heavy atom. The Bertz CT molecular complexity index is 592. The summed E-state index contributed by atoms with van der Waals surface area (Å²) in [6.07, 6.45) is 42.9. The standard InChI is InChI=1S/C36H70N2/c1-5-8-10-12-14-15-16-17-18-19-20-21-22-23-24-26-28-31-35(30-27-25-13-11-9-6-2)36-37-32-33-38(36)34(4)29-7-3/h32-35H,5-31H2,1-4H3/p+1. The van der Waals surface area contributed by atoms with E-state index in [0.29, 0.717) is 12.0 Å². The average molecular weight is 532 g/mol. The maximum atomic E-state index is 3.68. The van der Waals surface area contributed by atoms with E-state index >= 15 is 0 Å². The Hall–Kier alpha value is -0.790. The highest BCUT2D eigenvalue weighted by Gasteiger charge is 2.25. The molecule has 2 atom stereocenters. The molecule has 2 unspecified atom stereocenters. The van der Waals surface area contributed by atoms with E-state index in [1.54, 1.807) is 0 Å². The minimum absolute atomic E-state index is 0.615. The first kappa shape index (κ1) is 35.2. The summed E-state index contributed by atoms with van der Waals surface area (Å²) in [5.74, 6) is 2.22. The molecule has 0 spiro atoms. The minimum atomic E-state index is 0.615. The number of aromatic amines is 1. The van der Waals surface area contributed by atoms with Gasteiger partial charge in [0.05, 0.1) is 12.0 Å². The van der Waals surface area contributed by atoms with Crippen LogP contribution >= 0.6 is 0 Å². The Balaban J connectivity index is 2.16. The number of unbranched alkanes of at least 4 members (excludes halogenated alkanes) is 21. The molecular weight excluding hydrogens is 460 g/mol. The van der Waals surface area contributed by atoms with Crippen molar-refractivity contribution in [1.82, 2.24) is 4.98 Å². The molecule has 0 fully saturated rings. The summed E-state index contributed by atoms with van der Waals surface area (Å²) < 4.78 is 2.57. The lowest BCUT2D eigenvalue weighted by atomic mass is 9.93. The van der Waals surface area contributed by atoms with Crippen molar-refractivity contribution in [2.75, 3.05) is 0 Å². The molecule has 0 radical (unpaired) electrons. The largest absolute Gasteiger partial charge is 0.257 e. The third-order valence-electron chi connectivity index (χ3n) is 8.87. The summed E-state index contributed by atoms with van der Waals surface area (Å²) in [6.45, 7) is 9.34. The summed E-state index contributed by atoms with van der Waals surface area (Å²) in [4.78, 5) is 3.68. The van der Waals surface area contributed by atoms with Crippen LogP contribution in [0.3, 0.4) is 0 Å². The third-order valence-corrected chi connectivity index (χ3v) is 8.87. The van der Waals surface area contributed by atoms with E-state index < -0.39 is 0 Å². The highest BCUT2D eigenvalue weighted by atomic mass is 15.1. The molecular formula is C36H71N2+. The van der Waals surface area contributed by atoms with Gasteiger partial charge in [0, 0.05) is 0 Å². The summed E-state index contributed by atoms with van der Waals surface area (Å²) in [7, 11) is 0. The summed E-state index contributed by atoms with van der Waals surface area (Å²) >= 11 is 0. The Kier molecular flexibility index (Phi) is 24.5. The van der Waals surface area contributed by atoms with Crippen LogP contribution in [-0.4, -0.2) is 4.98 Å². The monoisotopic (exact) mass is 532 g/mol. The first-order valence-corrected chi connectivity index (χ1v) is 17.8.